The maximum absolute atomic E-state index is 11.9. The van der Waals surface area contributed by atoms with Crippen LogP contribution in [-0.4, -0.2) is 49.6 Å². The van der Waals surface area contributed by atoms with Gasteiger partial charge in [0.25, 0.3) is 0 Å². The van der Waals surface area contributed by atoms with Crippen LogP contribution in [0.5, 0.6) is 0 Å². The molecule has 1 aliphatic heterocycles. The molecular weight excluding hydrogens is 238 g/mol. The zero-order chi connectivity index (χ0) is 13.5. The third-order valence-electron chi connectivity index (χ3n) is 3.56. The summed E-state index contributed by atoms with van der Waals surface area (Å²) in [5.41, 5.74) is 1.26. The lowest BCUT2D eigenvalue weighted by Crippen LogP contribution is -2.52. The highest BCUT2D eigenvalue weighted by molar-refractivity contribution is 5.78. The number of hydrogen-bond acceptors (Lipinski definition) is 3. The number of benzene rings is 1. The maximum Gasteiger partial charge on any atom is 0.234 e. The van der Waals surface area contributed by atoms with Crippen LogP contribution in [0.3, 0.4) is 0 Å². The minimum absolute atomic E-state index is 0.129. The Hall–Kier alpha value is -1.39. The van der Waals surface area contributed by atoms with Gasteiger partial charge in [-0.1, -0.05) is 30.3 Å². The van der Waals surface area contributed by atoms with Crippen LogP contribution in [0.25, 0.3) is 0 Å². The van der Waals surface area contributed by atoms with Crippen molar-refractivity contribution in [3.05, 3.63) is 35.9 Å². The smallest absolute Gasteiger partial charge is 0.234 e. The zero-order valence-corrected chi connectivity index (χ0v) is 11.6. The van der Waals surface area contributed by atoms with Crippen LogP contribution in [0.2, 0.25) is 0 Å². The molecule has 0 aromatic heterocycles. The number of hydrogen-bond donors (Lipinski definition) is 2. The standard InChI is InChI=1S/C15H23N3O/c1-13-11-16-9-10-18(13)12-15(19)17-8-7-14-5-3-2-4-6-14/h2-6,13,16H,7-12H2,1H3,(H,17,19)/t13-/m0/s1. The van der Waals surface area contributed by atoms with Crippen molar-refractivity contribution in [2.75, 3.05) is 32.7 Å². The van der Waals surface area contributed by atoms with Gasteiger partial charge in [-0.25, -0.2) is 0 Å². The summed E-state index contributed by atoms with van der Waals surface area (Å²) in [5.74, 6) is 0.129. The van der Waals surface area contributed by atoms with Gasteiger partial charge in [0.05, 0.1) is 6.54 Å². The number of nitrogens with one attached hydrogen (secondary N) is 2. The van der Waals surface area contributed by atoms with Crippen LogP contribution in [-0.2, 0) is 11.2 Å². The predicted molar refractivity (Wildman–Crippen MR) is 77.1 cm³/mol. The molecule has 4 nitrogen and oxygen atoms in total. The predicted octanol–water partition coefficient (Wildman–Crippen LogP) is 0.639. The lowest BCUT2D eigenvalue weighted by molar-refractivity contribution is -0.122. The molecule has 0 spiro atoms. The number of carbonyl (C=O) groups is 1. The summed E-state index contributed by atoms with van der Waals surface area (Å²) in [6, 6.07) is 10.7. The first-order valence-corrected chi connectivity index (χ1v) is 7.01. The van der Waals surface area contributed by atoms with Crippen LogP contribution in [0.1, 0.15) is 12.5 Å². The van der Waals surface area contributed by atoms with E-state index in [2.05, 4.69) is 34.6 Å². The molecule has 104 valence electrons. The van der Waals surface area contributed by atoms with E-state index in [9.17, 15) is 4.79 Å². The molecular formula is C15H23N3O. The summed E-state index contributed by atoms with van der Waals surface area (Å²) in [5, 5.41) is 6.33. The third-order valence-corrected chi connectivity index (χ3v) is 3.56. The first-order chi connectivity index (χ1) is 9.25. The minimum Gasteiger partial charge on any atom is -0.355 e. The topological polar surface area (TPSA) is 44.4 Å². The van der Waals surface area contributed by atoms with E-state index in [0.29, 0.717) is 19.1 Å². The molecule has 1 amide bonds. The highest BCUT2D eigenvalue weighted by atomic mass is 16.2. The molecule has 1 aromatic carbocycles. The first kappa shape index (κ1) is 14.0. The van der Waals surface area contributed by atoms with Crippen molar-refractivity contribution >= 4 is 5.91 Å². The normalized spacial score (nSPS) is 20.2. The number of rotatable bonds is 5. The fourth-order valence-electron chi connectivity index (χ4n) is 2.35. The second-order valence-corrected chi connectivity index (χ2v) is 5.11. The van der Waals surface area contributed by atoms with E-state index in [1.807, 2.05) is 18.2 Å². The second kappa shape index (κ2) is 7.26. The third kappa shape index (κ3) is 4.65. The average molecular weight is 261 g/mol. The van der Waals surface area contributed by atoms with Crippen LogP contribution in [0.4, 0.5) is 0 Å². The van der Waals surface area contributed by atoms with E-state index < -0.39 is 0 Å². The van der Waals surface area contributed by atoms with E-state index >= 15 is 0 Å². The Bertz CT molecular complexity index is 394. The van der Waals surface area contributed by atoms with Crippen molar-refractivity contribution in [2.45, 2.75) is 19.4 Å². The van der Waals surface area contributed by atoms with Gasteiger partial charge in [-0.2, -0.15) is 0 Å². The number of piperazine rings is 1. The van der Waals surface area contributed by atoms with Gasteiger partial charge in [-0.3, -0.25) is 9.69 Å². The molecule has 1 aliphatic rings. The van der Waals surface area contributed by atoms with E-state index in [-0.39, 0.29) is 5.91 Å². The number of nitrogens with zero attached hydrogens (tertiary/aromatic N) is 1. The van der Waals surface area contributed by atoms with Gasteiger partial charge < -0.3 is 10.6 Å². The first-order valence-electron chi connectivity index (χ1n) is 7.01. The van der Waals surface area contributed by atoms with Gasteiger partial charge in [-0.05, 0) is 18.9 Å². The molecule has 1 saturated heterocycles. The molecule has 1 aromatic rings. The van der Waals surface area contributed by atoms with Gasteiger partial charge in [0.2, 0.25) is 5.91 Å². The van der Waals surface area contributed by atoms with E-state index in [0.717, 1.165) is 26.1 Å². The fourth-order valence-corrected chi connectivity index (χ4v) is 2.35. The Morgan fingerprint density at radius 3 is 2.95 bits per heavy atom. The zero-order valence-electron chi connectivity index (χ0n) is 11.6. The second-order valence-electron chi connectivity index (χ2n) is 5.11. The van der Waals surface area contributed by atoms with Crippen LogP contribution >= 0.6 is 0 Å². The lowest BCUT2D eigenvalue weighted by Gasteiger charge is -2.33. The number of amides is 1. The van der Waals surface area contributed by atoms with Gasteiger partial charge in [0.15, 0.2) is 0 Å². The molecule has 0 unspecified atom stereocenters. The quantitative estimate of drug-likeness (QED) is 0.817. The van der Waals surface area contributed by atoms with Crippen molar-refractivity contribution in [3.8, 4) is 0 Å². The Labute approximate surface area is 115 Å². The minimum atomic E-state index is 0.129. The molecule has 2 rings (SSSR count). The molecule has 2 N–H and O–H groups in total. The molecule has 0 aliphatic carbocycles. The van der Waals surface area contributed by atoms with Crippen LogP contribution in [0, 0.1) is 0 Å². The molecule has 0 saturated carbocycles. The van der Waals surface area contributed by atoms with Crippen LogP contribution in [0.15, 0.2) is 30.3 Å². The van der Waals surface area contributed by atoms with Crippen molar-refractivity contribution in [2.24, 2.45) is 0 Å². The van der Waals surface area contributed by atoms with Crippen molar-refractivity contribution in [3.63, 3.8) is 0 Å². The van der Waals surface area contributed by atoms with E-state index in [1.54, 1.807) is 0 Å². The van der Waals surface area contributed by atoms with Crippen molar-refractivity contribution in [1.82, 2.24) is 15.5 Å². The van der Waals surface area contributed by atoms with E-state index in [1.165, 1.54) is 5.56 Å². The summed E-state index contributed by atoms with van der Waals surface area (Å²) in [6.45, 7) is 6.27. The van der Waals surface area contributed by atoms with Gasteiger partial charge in [0.1, 0.15) is 0 Å². The summed E-state index contributed by atoms with van der Waals surface area (Å²) < 4.78 is 0. The highest BCUT2D eigenvalue weighted by Gasteiger charge is 2.19. The Kier molecular flexibility index (Phi) is 5.36. The lowest BCUT2D eigenvalue weighted by atomic mass is 10.1. The Balaban J connectivity index is 1.67. The maximum atomic E-state index is 11.9. The van der Waals surface area contributed by atoms with Gasteiger partial charge >= 0.3 is 0 Å². The largest absolute Gasteiger partial charge is 0.355 e. The molecule has 4 heteroatoms. The average Bonchev–Trinajstić information content (AvgIpc) is 2.43. The highest BCUT2D eigenvalue weighted by Crippen LogP contribution is 2.01. The van der Waals surface area contributed by atoms with Crippen molar-refractivity contribution in [1.29, 1.82) is 0 Å². The SMILES string of the molecule is C[C@H]1CNCCN1CC(=O)NCCc1ccccc1. The summed E-state index contributed by atoms with van der Waals surface area (Å²) in [7, 11) is 0. The molecule has 1 heterocycles. The number of carbonyl (C=O) groups excluding carboxylic acids is 1. The summed E-state index contributed by atoms with van der Waals surface area (Å²) >= 11 is 0. The van der Waals surface area contributed by atoms with Crippen LogP contribution < -0.4 is 10.6 Å². The Morgan fingerprint density at radius 2 is 2.21 bits per heavy atom. The van der Waals surface area contributed by atoms with E-state index in [4.69, 9.17) is 0 Å². The molecule has 1 atom stereocenters. The Morgan fingerprint density at radius 1 is 1.42 bits per heavy atom. The molecule has 19 heavy (non-hydrogen) atoms. The summed E-state index contributed by atoms with van der Waals surface area (Å²) in [6.07, 6.45) is 0.893. The fraction of sp³-hybridized carbons (Fsp3) is 0.533. The molecule has 0 bridgehead atoms. The monoisotopic (exact) mass is 261 g/mol. The van der Waals surface area contributed by atoms with Crippen molar-refractivity contribution < 1.29 is 4.79 Å². The van der Waals surface area contributed by atoms with Gasteiger partial charge in [0, 0.05) is 32.2 Å². The molecule has 0 radical (unpaired) electrons. The molecule has 1 fully saturated rings. The summed E-state index contributed by atoms with van der Waals surface area (Å²) in [4.78, 5) is 14.1. The van der Waals surface area contributed by atoms with Gasteiger partial charge in [-0.15, -0.1) is 0 Å².